The minimum Gasteiger partial charge on any atom is -0.495 e. The number of benzene rings is 1. The number of nitrogens with one attached hydrogen (secondary N) is 2. The number of ether oxygens (including phenoxy) is 1. The molecule has 2 aliphatic rings. The summed E-state index contributed by atoms with van der Waals surface area (Å²) in [6.45, 7) is 0.720. The van der Waals surface area contributed by atoms with Crippen molar-refractivity contribution in [3.63, 3.8) is 0 Å². The van der Waals surface area contributed by atoms with Crippen LogP contribution in [-0.4, -0.2) is 34.5 Å². The fourth-order valence-corrected chi connectivity index (χ4v) is 4.32. The van der Waals surface area contributed by atoms with E-state index < -0.39 is 0 Å². The molecule has 2 amide bonds. The number of rotatable bonds is 5. The number of fused-ring (bicyclic) bond motifs is 1. The van der Waals surface area contributed by atoms with E-state index in [2.05, 4.69) is 15.6 Å². The van der Waals surface area contributed by atoms with Gasteiger partial charge in [0, 0.05) is 12.6 Å². The SMILES string of the molecule is COc1ccccc1NC(=O)c1nc(C(=O)NC2CCCCC2)n2c1CCCC2. The fraction of sp³-hybridized carbons (Fsp3) is 0.500. The number of hydrogen-bond donors (Lipinski definition) is 2. The van der Waals surface area contributed by atoms with Crippen molar-refractivity contribution < 1.29 is 14.3 Å². The van der Waals surface area contributed by atoms with Crippen LogP contribution in [0.4, 0.5) is 5.69 Å². The monoisotopic (exact) mass is 396 g/mol. The van der Waals surface area contributed by atoms with Gasteiger partial charge in [-0.1, -0.05) is 31.4 Å². The van der Waals surface area contributed by atoms with Gasteiger partial charge in [0.25, 0.3) is 11.8 Å². The van der Waals surface area contributed by atoms with Crippen LogP contribution in [-0.2, 0) is 13.0 Å². The normalized spacial score (nSPS) is 16.7. The fourth-order valence-electron chi connectivity index (χ4n) is 4.32. The highest BCUT2D eigenvalue weighted by Gasteiger charge is 2.29. The van der Waals surface area contributed by atoms with Crippen LogP contribution in [0.25, 0.3) is 0 Å². The third-order valence-electron chi connectivity index (χ3n) is 5.83. The van der Waals surface area contributed by atoms with Crippen molar-refractivity contribution in [2.45, 2.75) is 64.0 Å². The number of methoxy groups -OCH3 is 1. The summed E-state index contributed by atoms with van der Waals surface area (Å²) in [4.78, 5) is 30.4. The number of nitrogens with zero attached hydrogens (tertiary/aromatic N) is 2. The number of carbonyl (C=O) groups excluding carboxylic acids is 2. The Balaban J connectivity index is 1.58. The summed E-state index contributed by atoms with van der Waals surface area (Å²) < 4.78 is 7.25. The molecule has 0 unspecified atom stereocenters. The molecule has 7 nitrogen and oxygen atoms in total. The van der Waals surface area contributed by atoms with Gasteiger partial charge in [-0.25, -0.2) is 4.98 Å². The van der Waals surface area contributed by atoms with E-state index in [-0.39, 0.29) is 17.9 Å². The van der Waals surface area contributed by atoms with E-state index in [4.69, 9.17) is 4.74 Å². The number of para-hydroxylation sites is 2. The predicted octanol–water partition coefficient (Wildman–Crippen LogP) is 3.54. The van der Waals surface area contributed by atoms with Gasteiger partial charge in [0.05, 0.1) is 18.5 Å². The summed E-state index contributed by atoms with van der Waals surface area (Å²) in [6, 6.07) is 7.47. The lowest BCUT2D eigenvalue weighted by atomic mass is 9.95. The summed E-state index contributed by atoms with van der Waals surface area (Å²) in [5, 5.41) is 6.02. The van der Waals surface area contributed by atoms with Gasteiger partial charge in [0.2, 0.25) is 0 Å². The smallest absolute Gasteiger partial charge is 0.287 e. The average molecular weight is 396 g/mol. The first-order chi connectivity index (χ1) is 14.2. The predicted molar refractivity (Wildman–Crippen MR) is 110 cm³/mol. The van der Waals surface area contributed by atoms with Crippen molar-refractivity contribution in [2.75, 3.05) is 12.4 Å². The largest absolute Gasteiger partial charge is 0.495 e. The highest BCUT2D eigenvalue weighted by atomic mass is 16.5. The van der Waals surface area contributed by atoms with Gasteiger partial charge in [-0.2, -0.15) is 0 Å². The summed E-state index contributed by atoms with van der Waals surface area (Å²) >= 11 is 0. The Bertz CT molecular complexity index is 899. The number of carbonyl (C=O) groups is 2. The van der Waals surface area contributed by atoms with Crippen molar-refractivity contribution in [1.82, 2.24) is 14.9 Å². The highest BCUT2D eigenvalue weighted by Crippen LogP contribution is 2.26. The molecule has 2 heterocycles. The Hall–Kier alpha value is -2.83. The lowest BCUT2D eigenvalue weighted by Gasteiger charge is -2.23. The van der Waals surface area contributed by atoms with Crippen LogP contribution >= 0.6 is 0 Å². The van der Waals surface area contributed by atoms with E-state index in [1.807, 2.05) is 16.7 Å². The number of imidazole rings is 1. The molecule has 2 N–H and O–H groups in total. The van der Waals surface area contributed by atoms with Crippen LogP contribution in [0.3, 0.4) is 0 Å². The zero-order chi connectivity index (χ0) is 20.2. The van der Waals surface area contributed by atoms with Crippen LogP contribution in [0, 0.1) is 0 Å². The average Bonchev–Trinajstić information content (AvgIpc) is 3.15. The molecule has 0 bridgehead atoms. The van der Waals surface area contributed by atoms with E-state index >= 15 is 0 Å². The van der Waals surface area contributed by atoms with E-state index in [1.165, 1.54) is 6.42 Å². The van der Waals surface area contributed by atoms with Crippen molar-refractivity contribution >= 4 is 17.5 Å². The van der Waals surface area contributed by atoms with Crippen LogP contribution < -0.4 is 15.4 Å². The third-order valence-corrected chi connectivity index (χ3v) is 5.83. The molecule has 0 spiro atoms. The molecule has 0 radical (unpaired) electrons. The molecular formula is C22H28N4O3. The van der Waals surface area contributed by atoms with Crippen molar-refractivity contribution in [1.29, 1.82) is 0 Å². The Morgan fingerprint density at radius 1 is 1.07 bits per heavy atom. The summed E-state index contributed by atoms with van der Waals surface area (Å²) in [7, 11) is 1.57. The molecule has 1 aliphatic heterocycles. The van der Waals surface area contributed by atoms with Gasteiger partial charge in [0.15, 0.2) is 11.5 Å². The van der Waals surface area contributed by atoms with Gasteiger partial charge in [-0.05, 0) is 44.2 Å². The number of hydrogen-bond acceptors (Lipinski definition) is 4. The molecule has 1 aromatic carbocycles. The highest BCUT2D eigenvalue weighted by molar-refractivity contribution is 6.05. The van der Waals surface area contributed by atoms with Gasteiger partial charge in [0.1, 0.15) is 5.75 Å². The third kappa shape index (κ3) is 4.13. The molecule has 0 atom stereocenters. The second kappa shape index (κ2) is 8.68. The van der Waals surface area contributed by atoms with Crippen LogP contribution in [0.2, 0.25) is 0 Å². The van der Waals surface area contributed by atoms with Crippen molar-refractivity contribution in [3.05, 3.63) is 41.5 Å². The second-order valence-electron chi connectivity index (χ2n) is 7.80. The quantitative estimate of drug-likeness (QED) is 0.809. The van der Waals surface area contributed by atoms with Gasteiger partial charge in [-0.15, -0.1) is 0 Å². The maximum atomic E-state index is 13.0. The van der Waals surface area contributed by atoms with Crippen LogP contribution in [0.15, 0.2) is 24.3 Å². The van der Waals surface area contributed by atoms with E-state index in [0.29, 0.717) is 23.0 Å². The molecule has 1 fully saturated rings. The molecule has 154 valence electrons. The standard InChI is InChI=1S/C22H28N4O3/c1-29-18-13-6-5-11-16(18)24-21(27)19-17-12-7-8-14-26(17)20(25-19)22(28)23-15-9-3-2-4-10-15/h5-6,11,13,15H,2-4,7-10,12,14H2,1H3,(H,23,28)(H,24,27). The Kier molecular flexibility index (Phi) is 5.83. The van der Waals surface area contributed by atoms with Gasteiger partial charge >= 0.3 is 0 Å². The van der Waals surface area contributed by atoms with E-state index in [9.17, 15) is 9.59 Å². The molecule has 1 saturated carbocycles. The molecular weight excluding hydrogens is 368 g/mol. The second-order valence-corrected chi connectivity index (χ2v) is 7.80. The topological polar surface area (TPSA) is 85.2 Å². The lowest BCUT2D eigenvalue weighted by molar-refractivity contribution is 0.0911. The Labute approximate surface area is 170 Å². The number of amides is 2. The molecule has 0 saturated heterocycles. The molecule has 1 aliphatic carbocycles. The van der Waals surface area contributed by atoms with Crippen LogP contribution in [0.5, 0.6) is 5.75 Å². The number of aromatic nitrogens is 2. The molecule has 1 aromatic heterocycles. The van der Waals surface area contributed by atoms with Gasteiger partial charge < -0.3 is 19.9 Å². The summed E-state index contributed by atoms with van der Waals surface area (Å²) in [6.07, 6.45) is 8.29. The summed E-state index contributed by atoms with van der Waals surface area (Å²) in [5.41, 5.74) is 1.77. The van der Waals surface area contributed by atoms with Crippen LogP contribution in [0.1, 0.15) is 71.7 Å². The van der Waals surface area contributed by atoms with E-state index in [1.54, 1.807) is 19.2 Å². The molecule has 7 heteroatoms. The zero-order valence-electron chi connectivity index (χ0n) is 16.9. The zero-order valence-corrected chi connectivity index (χ0v) is 16.9. The minimum absolute atomic E-state index is 0.170. The first-order valence-corrected chi connectivity index (χ1v) is 10.5. The van der Waals surface area contributed by atoms with Gasteiger partial charge in [-0.3, -0.25) is 9.59 Å². The Morgan fingerprint density at radius 2 is 1.86 bits per heavy atom. The Morgan fingerprint density at radius 3 is 2.66 bits per heavy atom. The molecule has 29 heavy (non-hydrogen) atoms. The van der Waals surface area contributed by atoms with Crippen molar-refractivity contribution in [2.24, 2.45) is 0 Å². The first-order valence-electron chi connectivity index (χ1n) is 10.5. The minimum atomic E-state index is -0.308. The maximum absolute atomic E-state index is 13.0. The lowest BCUT2D eigenvalue weighted by Crippen LogP contribution is -2.37. The van der Waals surface area contributed by atoms with Crippen molar-refractivity contribution in [3.8, 4) is 5.75 Å². The summed E-state index contributed by atoms with van der Waals surface area (Å²) in [5.74, 6) is 0.466. The maximum Gasteiger partial charge on any atom is 0.287 e. The number of anilines is 1. The molecule has 4 rings (SSSR count). The molecule has 2 aromatic rings. The first kappa shape index (κ1) is 19.5. The van der Waals surface area contributed by atoms with E-state index in [0.717, 1.165) is 57.2 Å².